The average molecular weight is 577 g/mol. The van der Waals surface area contributed by atoms with Crippen molar-refractivity contribution in [2.24, 2.45) is 0 Å². The molecule has 0 bridgehead atoms. The predicted molar refractivity (Wildman–Crippen MR) is 179 cm³/mol. The molecule has 0 spiro atoms. The summed E-state index contributed by atoms with van der Waals surface area (Å²) in [5.41, 5.74) is 9.05. The molecule has 8 aromatic rings. The third-order valence-electron chi connectivity index (χ3n) is 8.00. The number of fused-ring (bicyclic) bond motifs is 3. The number of furan rings is 1. The van der Waals surface area contributed by atoms with Crippen LogP contribution in [0, 0.1) is 11.3 Å². The zero-order valence-corrected chi connectivity index (χ0v) is 24.1. The van der Waals surface area contributed by atoms with Crippen molar-refractivity contribution in [3.63, 3.8) is 0 Å². The summed E-state index contributed by atoms with van der Waals surface area (Å²) in [7, 11) is 0. The summed E-state index contributed by atoms with van der Waals surface area (Å²) in [4.78, 5) is 14.6. The quantitative estimate of drug-likeness (QED) is 0.204. The van der Waals surface area contributed by atoms with Gasteiger partial charge in [-0.05, 0) is 41.0 Å². The van der Waals surface area contributed by atoms with Crippen molar-refractivity contribution in [3.8, 4) is 62.5 Å². The molecule has 0 radical (unpaired) electrons. The molecule has 6 aromatic carbocycles. The van der Waals surface area contributed by atoms with E-state index in [4.69, 9.17) is 19.4 Å². The Labute approximate surface area is 259 Å². The molecule has 210 valence electrons. The number of para-hydroxylation sites is 1. The number of nitriles is 1. The molecule has 8 rings (SSSR count). The van der Waals surface area contributed by atoms with Crippen molar-refractivity contribution in [3.05, 3.63) is 151 Å². The molecule has 0 saturated carbocycles. The minimum Gasteiger partial charge on any atom is -0.455 e. The lowest BCUT2D eigenvalue weighted by Gasteiger charge is -2.12. The van der Waals surface area contributed by atoms with Gasteiger partial charge in [0.1, 0.15) is 11.2 Å². The molecule has 45 heavy (non-hydrogen) atoms. The molecule has 0 unspecified atom stereocenters. The lowest BCUT2D eigenvalue weighted by atomic mass is 9.91. The lowest BCUT2D eigenvalue weighted by molar-refractivity contribution is 0.670. The fourth-order valence-electron chi connectivity index (χ4n) is 5.76. The second-order valence-electron chi connectivity index (χ2n) is 10.8. The molecule has 0 atom stereocenters. The summed E-state index contributed by atoms with van der Waals surface area (Å²) in [6, 6.07) is 50.5. The van der Waals surface area contributed by atoms with E-state index in [1.165, 1.54) is 0 Å². The van der Waals surface area contributed by atoms with Crippen LogP contribution >= 0.6 is 0 Å². The number of rotatable bonds is 5. The molecule has 0 aliphatic carbocycles. The number of hydrogen-bond acceptors (Lipinski definition) is 5. The van der Waals surface area contributed by atoms with Crippen molar-refractivity contribution < 1.29 is 4.42 Å². The Bertz CT molecular complexity index is 2300. The van der Waals surface area contributed by atoms with E-state index >= 15 is 0 Å². The van der Waals surface area contributed by atoms with Crippen LogP contribution in [0.1, 0.15) is 5.56 Å². The summed E-state index contributed by atoms with van der Waals surface area (Å²) >= 11 is 0. The van der Waals surface area contributed by atoms with Crippen LogP contribution in [0.2, 0.25) is 0 Å². The normalized spacial score (nSPS) is 11.1. The van der Waals surface area contributed by atoms with Crippen LogP contribution in [-0.4, -0.2) is 15.0 Å². The van der Waals surface area contributed by atoms with E-state index < -0.39 is 0 Å². The molecule has 0 aliphatic heterocycles. The number of nitrogens with zero attached hydrogens (tertiary/aromatic N) is 4. The number of benzene rings is 6. The minimum atomic E-state index is 0.606. The molecule has 0 amide bonds. The Hall–Kier alpha value is -6.38. The van der Waals surface area contributed by atoms with Gasteiger partial charge >= 0.3 is 0 Å². The fourth-order valence-corrected chi connectivity index (χ4v) is 5.76. The Morgan fingerprint density at radius 3 is 1.56 bits per heavy atom. The van der Waals surface area contributed by atoms with Crippen LogP contribution in [0.25, 0.3) is 78.4 Å². The van der Waals surface area contributed by atoms with Crippen LogP contribution < -0.4 is 0 Å². The molecule has 5 heteroatoms. The first kappa shape index (κ1) is 26.3. The molecule has 2 aromatic heterocycles. The Morgan fingerprint density at radius 2 is 0.956 bits per heavy atom. The van der Waals surface area contributed by atoms with Crippen molar-refractivity contribution in [1.29, 1.82) is 5.26 Å². The van der Waals surface area contributed by atoms with E-state index in [1.807, 2.05) is 103 Å². The van der Waals surface area contributed by atoms with Gasteiger partial charge in [-0.15, -0.1) is 0 Å². The van der Waals surface area contributed by atoms with Crippen molar-refractivity contribution in [1.82, 2.24) is 15.0 Å². The van der Waals surface area contributed by atoms with Crippen LogP contribution in [0.5, 0.6) is 0 Å². The van der Waals surface area contributed by atoms with E-state index in [1.54, 1.807) is 0 Å². The highest BCUT2D eigenvalue weighted by Gasteiger charge is 2.18. The molecule has 2 heterocycles. The van der Waals surface area contributed by atoms with Crippen molar-refractivity contribution in [2.45, 2.75) is 0 Å². The first-order chi connectivity index (χ1) is 22.2. The number of aromatic nitrogens is 3. The molecule has 0 fully saturated rings. The Balaban J connectivity index is 1.27. The first-order valence-electron chi connectivity index (χ1n) is 14.7. The summed E-state index contributed by atoms with van der Waals surface area (Å²) in [6.45, 7) is 0. The van der Waals surface area contributed by atoms with E-state index in [9.17, 15) is 5.26 Å². The summed E-state index contributed by atoms with van der Waals surface area (Å²) in [5.74, 6) is 1.86. The van der Waals surface area contributed by atoms with Gasteiger partial charge in [0, 0.05) is 33.0 Å². The van der Waals surface area contributed by atoms with E-state index in [2.05, 4.69) is 48.5 Å². The first-order valence-corrected chi connectivity index (χ1v) is 14.7. The highest BCUT2D eigenvalue weighted by atomic mass is 16.3. The minimum absolute atomic E-state index is 0.606. The monoisotopic (exact) mass is 576 g/mol. The molecule has 0 aliphatic rings. The predicted octanol–water partition coefficient (Wildman–Crippen LogP) is 9.98. The third-order valence-corrected chi connectivity index (χ3v) is 8.00. The van der Waals surface area contributed by atoms with E-state index in [-0.39, 0.29) is 0 Å². The standard InChI is InChI=1S/C40H24N4O/c41-25-26-15-17-28(18-16-26)36-32(23-24-34-33-13-7-8-14-35(33)45-37(34)36)27-19-21-31(22-20-27)40-43-38(29-9-3-1-4-10-29)42-39(44-40)30-11-5-2-6-12-30/h1-24H. The topological polar surface area (TPSA) is 75.6 Å². The molecule has 0 saturated heterocycles. The Kier molecular flexibility index (Phi) is 6.44. The van der Waals surface area contributed by atoms with E-state index in [0.29, 0.717) is 23.0 Å². The lowest BCUT2D eigenvalue weighted by Crippen LogP contribution is -2.00. The molecular weight excluding hydrogens is 552 g/mol. The highest BCUT2D eigenvalue weighted by molar-refractivity contribution is 6.12. The molecule has 0 N–H and O–H groups in total. The highest BCUT2D eigenvalue weighted by Crippen LogP contribution is 2.42. The van der Waals surface area contributed by atoms with Gasteiger partial charge in [-0.25, -0.2) is 15.0 Å². The summed E-state index contributed by atoms with van der Waals surface area (Å²) < 4.78 is 6.47. The van der Waals surface area contributed by atoms with Crippen LogP contribution in [0.3, 0.4) is 0 Å². The van der Waals surface area contributed by atoms with E-state index in [0.717, 1.165) is 60.9 Å². The van der Waals surface area contributed by atoms with Crippen LogP contribution in [-0.2, 0) is 0 Å². The second-order valence-corrected chi connectivity index (χ2v) is 10.8. The maximum Gasteiger partial charge on any atom is 0.164 e. The largest absolute Gasteiger partial charge is 0.455 e. The van der Waals surface area contributed by atoms with Gasteiger partial charge < -0.3 is 4.42 Å². The molecular formula is C40H24N4O. The van der Waals surface area contributed by atoms with Gasteiger partial charge in [-0.1, -0.05) is 121 Å². The third kappa shape index (κ3) is 4.81. The van der Waals surface area contributed by atoms with Gasteiger partial charge in [0.25, 0.3) is 0 Å². The van der Waals surface area contributed by atoms with Gasteiger partial charge in [0.2, 0.25) is 0 Å². The SMILES string of the molecule is N#Cc1ccc(-c2c(-c3ccc(-c4nc(-c5ccccc5)nc(-c5ccccc5)n4)cc3)ccc3c2oc2ccccc23)cc1. The van der Waals surface area contributed by atoms with Crippen molar-refractivity contribution in [2.75, 3.05) is 0 Å². The van der Waals surface area contributed by atoms with Crippen LogP contribution in [0.15, 0.2) is 150 Å². The van der Waals surface area contributed by atoms with Crippen LogP contribution in [0.4, 0.5) is 0 Å². The van der Waals surface area contributed by atoms with Crippen molar-refractivity contribution >= 4 is 21.9 Å². The Morgan fingerprint density at radius 1 is 0.444 bits per heavy atom. The zero-order chi connectivity index (χ0) is 30.2. The van der Waals surface area contributed by atoms with Gasteiger partial charge in [-0.2, -0.15) is 5.26 Å². The smallest absolute Gasteiger partial charge is 0.164 e. The maximum absolute atomic E-state index is 9.40. The average Bonchev–Trinajstić information content (AvgIpc) is 3.51. The van der Waals surface area contributed by atoms with Gasteiger partial charge in [0.05, 0.1) is 11.6 Å². The number of hydrogen-bond donors (Lipinski definition) is 0. The summed E-state index contributed by atoms with van der Waals surface area (Å²) in [5, 5.41) is 11.5. The zero-order valence-electron chi connectivity index (χ0n) is 24.1. The fraction of sp³-hybridized carbons (Fsp3) is 0. The maximum atomic E-state index is 9.40. The van der Waals surface area contributed by atoms with Gasteiger partial charge in [0.15, 0.2) is 17.5 Å². The second kappa shape index (κ2) is 11.0. The summed E-state index contributed by atoms with van der Waals surface area (Å²) in [6.07, 6.45) is 0. The molecule has 5 nitrogen and oxygen atoms in total. The van der Waals surface area contributed by atoms with Gasteiger partial charge in [-0.3, -0.25) is 0 Å².